The summed E-state index contributed by atoms with van der Waals surface area (Å²) >= 11 is 0. The molecule has 26 heavy (non-hydrogen) atoms. The highest BCUT2D eigenvalue weighted by Crippen LogP contribution is 2.30. The third-order valence-corrected chi connectivity index (χ3v) is 6.59. The Labute approximate surface area is 154 Å². The lowest BCUT2D eigenvalue weighted by Gasteiger charge is -2.39. The van der Waals surface area contributed by atoms with E-state index in [9.17, 15) is 13.2 Å². The summed E-state index contributed by atoms with van der Waals surface area (Å²) in [7, 11) is -0.116. The molecular weight excluding hydrogens is 350 g/mol. The predicted octanol–water partition coefficient (Wildman–Crippen LogP) is 1.72. The highest BCUT2D eigenvalue weighted by Gasteiger charge is 2.36. The molecule has 1 N–H and O–H groups in total. The van der Waals surface area contributed by atoms with E-state index in [1.807, 2.05) is 37.4 Å². The van der Waals surface area contributed by atoms with E-state index in [1.165, 1.54) is 12.1 Å². The molecule has 0 bridgehead atoms. The number of hydrogen-bond acceptors (Lipinski definition) is 4. The number of carbonyl (C=O) groups is 1. The lowest BCUT2D eigenvalue weighted by Crippen LogP contribution is -2.49. The summed E-state index contributed by atoms with van der Waals surface area (Å²) in [5.41, 5.74) is 1.41. The number of nitrogens with zero attached hydrogens (tertiary/aromatic N) is 2. The molecule has 1 fully saturated rings. The first-order chi connectivity index (χ1) is 12.4. The average Bonchev–Trinajstić information content (AvgIpc) is 2.68. The zero-order valence-corrected chi connectivity index (χ0v) is 15.7. The first kappa shape index (κ1) is 18.6. The number of hydrogen-bond donors (Lipinski definition) is 1. The van der Waals surface area contributed by atoms with Gasteiger partial charge < -0.3 is 10.2 Å². The van der Waals surface area contributed by atoms with Crippen LogP contribution in [0.3, 0.4) is 0 Å². The van der Waals surface area contributed by atoms with Crippen molar-refractivity contribution >= 4 is 15.9 Å². The van der Waals surface area contributed by atoms with Gasteiger partial charge in [-0.15, -0.1) is 0 Å². The zero-order valence-electron chi connectivity index (χ0n) is 14.9. The van der Waals surface area contributed by atoms with E-state index >= 15 is 0 Å². The van der Waals surface area contributed by atoms with Crippen molar-refractivity contribution in [2.24, 2.45) is 0 Å². The van der Waals surface area contributed by atoms with Gasteiger partial charge in [0.15, 0.2) is 0 Å². The molecule has 7 heteroatoms. The van der Waals surface area contributed by atoms with Gasteiger partial charge in [0.25, 0.3) is 5.91 Å². The summed E-state index contributed by atoms with van der Waals surface area (Å²) in [6, 6.07) is 15.5. The summed E-state index contributed by atoms with van der Waals surface area (Å²) in [4.78, 5) is 14.0. The van der Waals surface area contributed by atoms with Crippen molar-refractivity contribution in [2.45, 2.75) is 10.9 Å². The van der Waals surface area contributed by atoms with E-state index in [4.69, 9.17) is 0 Å². The molecular formula is C19H23N3O3S. The average molecular weight is 373 g/mol. The maximum Gasteiger partial charge on any atom is 0.251 e. The maximum absolute atomic E-state index is 13.2. The minimum absolute atomic E-state index is 0.204. The number of rotatable bonds is 4. The number of benzene rings is 2. The highest BCUT2D eigenvalue weighted by atomic mass is 32.2. The normalized spacial score (nSPS) is 19.2. The summed E-state index contributed by atoms with van der Waals surface area (Å²) in [6.07, 6.45) is 0. The van der Waals surface area contributed by atoms with Crippen molar-refractivity contribution in [3.8, 4) is 0 Å². The Morgan fingerprint density at radius 3 is 2.31 bits per heavy atom. The van der Waals surface area contributed by atoms with Crippen molar-refractivity contribution in [3.05, 3.63) is 65.7 Å². The van der Waals surface area contributed by atoms with Crippen molar-refractivity contribution in [3.63, 3.8) is 0 Å². The van der Waals surface area contributed by atoms with Crippen LogP contribution in [0, 0.1) is 0 Å². The van der Waals surface area contributed by atoms with Gasteiger partial charge in [0, 0.05) is 32.2 Å². The molecule has 3 rings (SSSR count). The number of sulfonamides is 1. The first-order valence-electron chi connectivity index (χ1n) is 8.51. The molecule has 2 aromatic rings. The molecule has 0 radical (unpaired) electrons. The fraction of sp³-hybridized carbons (Fsp3) is 0.316. The van der Waals surface area contributed by atoms with Crippen LogP contribution in [0.2, 0.25) is 0 Å². The van der Waals surface area contributed by atoms with Crippen LogP contribution in [0.15, 0.2) is 59.5 Å². The van der Waals surface area contributed by atoms with Crippen molar-refractivity contribution < 1.29 is 13.2 Å². The van der Waals surface area contributed by atoms with Crippen molar-refractivity contribution in [1.82, 2.24) is 14.5 Å². The number of carbonyl (C=O) groups excluding carboxylic acids is 1. The second-order valence-electron chi connectivity index (χ2n) is 6.41. The third kappa shape index (κ3) is 3.65. The predicted molar refractivity (Wildman–Crippen MR) is 100 cm³/mol. The molecule has 0 spiro atoms. The van der Waals surface area contributed by atoms with E-state index in [1.54, 1.807) is 23.5 Å². The van der Waals surface area contributed by atoms with E-state index in [2.05, 4.69) is 10.2 Å². The molecule has 2 aromatic carbocycles. The lowest BCUT2D eigenvalue weighted by molar-refractivity contribution is 0.0963. The molecule has 0 aromatic heterocycles. The van der Waals surface area contributed by atoms with Crippen LogP contribution in [0.5, 0.6) is 0 Å². The highest BCUT2D eigenvalue weighted by molar-refractivity contribution is 7.89. The lowest BCUT2D eigenvalue weighted by atomic mass is 10.1. The van der Waals surface area contributed by atoms with Crippen LogP contribution in [0.4, 0.5) is 0 Å². The van der Waals surface area contributed by atoms with Crippen LogP contribution >= 0.6 is 0 Å². The summed E-state index contributed by atoms with van der Waals surface area (Å²) in [6.45, 7) is 1.74. The molecule has 1 aliphatic rings. The van der Waals surface area contributed by atoms with Gasteiger partial charge in [-0.05, 0) is 36.9 Å². The molecule has 1 heterocycles. The summed E-state index contributed by atoms with van der Waals surface area (Å²) < 4.78 is 28.0. The Kier molecular flexibility index (Phi) is 5.41. The van der Waals surface area contributed by atoms with Crippen LogP contribution in [0.25, 0.3) is 0 Å². The second-order valence-corrected chi connectivity index (χ2v) is 8.30. The molecule has 0 unspecified atom stereocenters. The zero-order chi connectivity index (χ0) is 18.7. The molecule has 1 amide bonds. The molecule has 1 aliphatic heterocycles. The monoisotopic (exact) mass is 373 g/mol. The molecule has 6 nitrogen and oxygen atoms in total. The van der Waals surface area contributed by atoms with Crippen LogP contribution < -0.4 is 5.32 Å². The number of piperazine rings is 1. The SMILES string of the molecule is CNC(=O)c1ccc(S(=O)(=O)N2CCN(C)C[C@@H]2c2ccccc2)cc1. The molecule has 0 aliphatic carbocycles. The van der Waals surface area contributed by atoms with Gasteiger partial charge in [-0.2, -0.15) is 4.31 Å². The fourth-order valence-corrected chi connectivity index (χ4v) is 4.79. The summed E-state index contributed by atoms with van der Waals surface area (Å²) in [5, 5.41) is 2.53. The molecule has 0 saturated carbocycles. The minimum Gasteiger partial charge on any atom is -0.355 e. The van der Waals surface area contributed by atoms with Crippen molar-refractivity contribution in [2.75, 3.05) is 33.7 Å². The smallest absolute Gasteiger partial charge is 0.251 e. The van der Waals surface area contributed by atoms with Crippen molar-refractivity contribution in [1.29, 1.82) is 0 Å². The Hall–Kier alpha value is -2.22. The Morgan fingerprint density at radius 2 is 1.69 bits per heavy atom. The van der Waals surface area contributed by atoms with Gasteiger partial charge in [-0.3, -0.25) is 4.79 Å². The van der Waals surface area contributed by atoms with Crippen LogP contribution in [0.1, 0.15) is 22.0 Å². The van der Waals surface area contributed by atoms with Gasteiger partial charge in [0.05, 0.1) is 10.9 Å². The molecule has 138 valence electrons. The molecule has 1 saturated heterocycles. The van der Waals surface area contributed by atoms with Crippen LogP contribution in [-0.2, 0) is 10.0 Å². The van der Waals surface area contributed by atoms with Gasteiger partial charge >= 0.3 is 0 Å². The van der Waals surface area contributed by atoms with Gasteiger partial charge in [-0.25, -0.2) is 8.42 Å². The minimum atomic E-state index is -3.66. The van der Waals surface area contributed by atoms with Gasteiger partial charge in [0.1, 0.15) is 0 Å². The van der Waals surface area contributed by atoms with E-state index in [-0.39, 0.29) is 16.8 Å². The van der Waals surface area contributed by atoms with Gasteiger partial charge in [-0.1, -0.05) is 30.3 Å². The number of likely N-dealkylation sites (N-methyl/N-ethyl adjacent to an activating group) is 1. The Bertz CT molecular complexity index is 867. The maximum atomic E-state index is 13.2. The molecule has 1 atom stereocenters. The second kappa shape index (κ2) is 7.57. The Balaban J connectivity index is 1.94. The number of nitrogens with one attached hydrogen (secondary N) is 1. The quantitative estimate of drug-likeness (QED) is 0.886. The van der Waals surface area contributed by atoms with E-state index < -0.39 is 10.0 Å². The van der Waals surface area contributed by atoms with E-state index in [0.717, 1.165) is 5.56 Å². The first-order valence-corrected chi connectivity index (χ1v) is 9.95. The third-order valence-electron chi connectivity index (χ3n) is 4.67. The Morgan fingerprint density at radius 1 is 1.04 bits per heavy atom. The standard InChI is InChI=1S/C19H23N3O3S/c1-20-19(23)16-8-10-17(11-9-16)26(24,25)22-13-12-21(2)14-18(22)15-6-4-3-5-7-15/h3-11,18H,12-14H2,1-2H3,(H,20,23)/t18-/m1/s1. The summed E-state index contributed by atoms with van der Waals surface area (Å²) in [5.74, 6) is -0.240. The van der Waals surface area contributed by atoms with Gasteiger partial charge in [0.2, 0.25) is 10.0 Å². The van der Waals surface area contributed by atoms with Crippen LogP contribution in [-0.4, -0.2) is 57.3 Å². The fourth-order valence-electron chi connectivity index (χ4n) is 3.20. The van der Waals surface area contributed by atoms with E-state index in [0.29, 0.717) is 25.2 Å². The number of amides is 1. The largest absolute Gasteiger partial charge is 0.355 e. The topological polar surface area (TPSA) is 69.7 Å².